The Morgan fingerprint density at radius 3 is 2.52 bits per heavy atom. The van der Waals surface area contributed by atoms with E-state index in [0.29, 0.717) is 23.2 Å². The van der Waals surface area contributed by atoms with Crippen LogP contribution in [0.3, 0.4) is 0 Å². The normalized spacial score (nSPS) is 10.6. The van der Waals surface area contributed by atoms with Crippen LogP contribution >= 0.6 is 0 Å². The fourth-order valence-electron chi connectivity index (χ4n) is 1.73. The summed E-state index contributed by atoms with van der Waals surface area (Å²) in [6.45, 7) is 3.93. The number of methoxy groups -OCH3 is 1. The zero-order chi connectivity index (χ0) is 15.4. The van der Waals surface area contributed by atoms with Gasteiger partial charge in [0.2, 0.25) is 0 Å². The van der Waals surface area contributed by atoms with Gasteiger partial charge in [-0.2, -0.15) is 0 Å². The van der Waals surface area contributed by atoms with Gasteiger partial charge in [0.1, 0.15) is 29.0 Å². The van der Waals surface area contributed by atoms with Crippen LogP contribution in [-0.4, -0.2) is 17.1 Å². The van der Waals surface area contributed by atoms with E-state index in [0.717, 1.165) is 0 Å². The third-order valence-electron chi connectivity index (χ3n) is 2.84. The molecule has 0 aliphatic heterocycles. The number of anilines is 3. The van der Waals surface area contributed by atoms with Crippen molar-refractivity contribution in [1.82, 2.24) is 9.97 Å². The highest BCUT2D eigenvalue weighted by Crippen LogP contribution is 2.25. The van der Waals surface area contributed by atoms with Crippen molar-refractivity contribution in [2.24, 2.45) is 5.84 Å². The van der Waals surface area contributed by atoms with E-state index in [4.69, 9.17) is 10.6 Å². The topological polar surface area (TPSA) is 85.1 Å². The van der Waals surface area contributed by atoms with Crippen LogP contribution in [0.4, 0.5) is 21.7 Å². The van der Waals surface area contributed by atoms with Crippen LogP contribution in [0, 0.1) is 5.82 Å². The summed E-state index contributed by atoms with van der Waals surface area (Å²) in [6.07, 6.45) is 0. The van der Waals surface area contributed by atoms with Crippen LogP contribution in [0.2, 0.25) is 0 Å². The summed E-state index contributed by atoms with van der Waals surface area (Å²) in [4.78, 5) is 8.59. The molecular weight excluding hydrogens is 273 g/mol. The van der Waals surface area contributed by atoms with Crippen molar-refractivity contribution < 1.29 is 9.13 Å². The van der Waals surface area contributed by atoms with E-state index in [1.165, 1.54) is 13.2 Å². The number of nitrogen functional groups attached to an aromatic ring is 1. The number of ether oxygens (including phenoxy) is 1. The summed E-state index contributed by atoms with van der Waals surface area (Å²) in [5, 5.41) is 2.92. The van der Waals surface area contributed by atoms with Gasteiger partial charge in [0.25, 0.3) is 0 Å². The zero-order valence-corrected chi connectivity index (χ0v) is 12.1. The molecule has 1 aromatic carbocycles. The number of halogens is 1. The molecule has 112 valence electrons. The molecular formula is C14H18FN5O. The van der Waals surface area contributed by atoms with Crippen LogP contribution in [0.5, 0.6) is 5.75 Å². The minimum absolute atomic E-state index is 0.119. The maximum absolute atomic E-state index is 13.8. The lowest BCUT2D eigenvalue weighted by molar-refractivity contribution is 0.414. The molecule has 0 aliphatic carbocycles. The molecule has 21 heavy (non-hydrogen) atoms. The van der Waals surface area contributed by atoms with E-state index < -0.39 is 5.82 Å². The van der Waals surface area contributed by atoms with Gasteiger partial charge < -0.3 is 15.5 Å². The van der Waals surface area contributed by atoms with Crippen LogP contribution < -0.4 is 21.3 Å². The van der Waals surface area contributed by atoms with Crippen molar-refractivity contribution in [2.75, 3.05) is 17.9 Å². The first kappa shape index (κ1) is 15.0. The smallest absolute Gasteiger partial charge is 0.146 e. The molecule has 0 saturated carbocycles. The summed E-state index contributed by atoms with van der Waals surface area (Å²) < 4.78 is 18.9. The first-order chi connectivity index (χ1) is 10.0. The van der Waals surface area contributed by atoms with Crippen LogP contribution in [-0.2, 0) is 0 Å². The Hall–Kier alpha value is -2.41. The van der Waals surface area contributed by atoms with E-state index in [1.807, 2.05) is 13.8 Å². The SMILES string of the molecule is COc1ccc(F)c(Nc2cc(NN)nc(C(C)C)n2)c1. The quantitative estimate of drug-likeness (QED) is 0.580. The molecule has 6 nitrogen and oxygen atoms in total. The highest BCUT2D eigenvalue weighted by molar-refractivity contribution is 5.61. The first-order valence-corrected chi connectivity index (χ1v) is 6.49. The Morgan fingerprint density at radius 1 is 1.19 bits per heavy atom. The summed E-state index contributed by atoms with van der Waals surface area (Å²) >= 11 is 0. The van der Waals surface area contributed by atoms with Crippen molar-refractivity contribution in [1.29, 1.82) is 0 Å². The van der Waals surface area contributed by atoms with Gasteiger partial charge in [0.05, 0.1) is 12.8 Å². The first-order valence-electron chi connectivity index (χ1n) is 6.49. The molecule has 7 heteroatoms. The number of hydrazine groups is 1. The van der Waals surface area contributed by atoms with E-state index in [-0.39, 0.29) is 11.6 Å². The number of nitrogens with zero attached hydrogens (tertiary/aromatic N) is 2. The summed E-state index contributed by atoms with van der Waals surface area (Å²) in [5.41, 5.74) is 2.75. The monoisotopic (exact) mass is 291 g/mol. The maximum Gasteiger partial charge on any atom is 0.146 e. The summed E-state index contributed by atoms with van der Waals surface area (Å²) in [5.74, 6) is 7.18. The molecule has 0 spiro atoms. The van der Waals surface area contributed by atoms with Gasteiger partial charge in [-0.15, -0.1) is 0 Å². The third-order valence-corrected chi connectivity index (χ3v) is 2.84. The van der Waals surface area contributed by atoms with Crippen molar-refractivity contribution in [2.45, 2.75) is 19.8 Å². The second-order valence-electron chi connectivity index (χ2n) is 4.77. The van der Waals surface area contributed by atoms with Gasteiger partial charge in [0, 0.05) is 18.1 Å². The standard InChI is InChI=1S/C14H18FN5O/c1-8(2)14-18-12(7-13(19-14)20-16)17-11-6-9(21-3)4-5-10(11)15/h4-8H,16H2,1-3H3,(H2,17,18,19,20). The van der Waals surface area contributed by atoms with E-state index in [2.05, 4.69) is 20.7 Å². The molecule has 0 aliphatic rings. The average molecular weight is 291 g/mol. The minimum Gasteiger partial charge on any atom is -0.497 e. The molecule has 1 aromatic heterocycles. The number of nitrogens with two attached hydrogens (primary N) is 1. The summed E-state index contributed by atoms with van der Waals surface area (Å²) in [7, 11) is 1.52. The third kappa shape index (κ3) is 3.57. The number of rotatable bonds is 5. The van der Waals surface area contributed by atoms with Gasteiger partial charge >= 0.3 is 0 Å². The molecule has 2 rings (SSSR count). The van der Waals surface area contributed by atoms with Gasteiger partial charge in [0.15, 0.2) is 0 Å². The molecule has 4 N–H and O–H groups in total. The van der Waals surface area contributed by atoms with E-state index >= 15 is 0 Å². The Morgan fingerprint density at radius 2 is 1.90 bits per heavy atom. The lowest BCUT2D eigenvalue weighted by Gasteiger charge is -2.12. The van der Waals surface area contributed by atoms with Crippen LogP contribution in [0.1, 0.15) is 25.6 Å². The zero-order valence-electron chi connectivity index (χ0n) is 12.1. The highest BCUT2D eigenvalue weighted by Gasteiger charge is 2.10. The Balaban J connectivity index is 2.36. The fraction of sp³-hybridized carbons (Fsp3) is 0.286. The molecule has 0 amide bonds. The molecule has 0 radical (unpaired) electrons. The van der Waals surface area contributed by atoms with E-state index in [9.17, 15) is 4.39 Å². The predicted molar refractivity (Wildman–Crippen MR) is 80.2 cm³/mol. The van der Waals surface area contributed by atoms with E-state index in [1.54, 1.807) is 18.2 Å². The predicted octanol–water partition coefficient (Wildman–Crippen LogP) is 2.78. The minimum atomic E-state index is -0.400. The van der Waals surface area contributed by atoms with Crippen molar-refractivity contribution in [3.63, 3.8) is 0 Å². The number of benzene rings is 1. The number of nitrogens with one attached hydrogen (secondary N) is 2. The largest absolute Gasteiger partial charge is 0.497 e. The van der Waals surface area contributed by atoms with Gasteiger partial charge in [-0.05, 0) is 12.1 Å². The lowest BCUT2D eigenvalue weighted by atomic mass is 10.2. The molecule has 0 bridgehead atoms. The molecule has 0 fully saturated rings. The Kier molecular flexibility index (Phi) is 4.54. The second-order valence-corrected chi connectivity index (χ2v) is 4.77. The Bertz CT molecular complexity index is 633. The van der Waals surface area contributed by atoms with Crippen LogP contribution in [0.15, 0.2) is 24.3 Å². The molecule has 2 aromatic rings. The highest BCUT2D eigenvalue weighted by atomic mass is 19.1. The second kappa shape index (κ2) is 6.36. The summed E-state index contributed by atoms with van der Waals surface area (Å²) in [6, 6.07) is 6.04. The van der Waals surface area contributed by atoms with Crippen molar-refractivity contribution in [3.8, 4) is 5.75 Å². The van der Waals surface area contributed by atoms with Crippen LogP contribution in [0.25, 0.3) is 0 Å². The number of hydrogen-bond acceptors (Lipinski definition) is 6. The van der Waals surface area contributed by atoms with Crippen molar-refractivity contribution >= 4 is 17.3 Å². The molecule has 0 unspecified atom stereocenters. The average Bonchev–Trinajstić information content (AvgIpc) is 2.49. The lowest BCUT2D eigenvalue weighted by Crippen LogP contribution is -2.12. The fourth-order valence-corrected chi connectivity index (χ4v) is 1.73. The molecule has 1 heterocycles. The van der Waals surface area contributed by atoms with Crippen molar-refractivity contribution in [3.05, 3.63) is 35.9 Å². The van der Waals surface area contributed by atoms with Gasteiger partial charge in [-0.1, -0.05) is 13.8 Å². The number of hydrogen-bond donors (Lipinski definition) is 3. The van der Waals surface area contributed by atoms with Gasteiger partial charge in [-0.3, -0.25) is 0 Å². The maximum atomic E-state index is 13.8. The number of aromatic nitrogens is 2. The molecule has 0 saturated heterocycles. The van der Waals surface area contributed by atoms with Gasteiger partial charge in [-0.25, -0.2) is 20.2 Å². The Labute approximate surface area is 122 Å². The molecule has 0 atom stereocenters.